The number of fused-ring (bicyclic) bond motifs is 2. The smallest absolute Gasteiger partial charge is 0.158 e. The first-order valence-corrected chi connectivity index (χ1v) is 6.83. The van der Waals surface area contributed by atoms with E-state index in [1.165, 1.54) is 6.07 Å². The third-order valence-corrected chi connectivity index (χ3v) is 3.56. The minimum absolute atomic E-state index is 0.0537. The molecule has 0 saturated heterocycles. The predicted octanol–water partition coefficient (Wildman–Crippen LogP) is 1.88. The third kappa shape index (κ3) is 1.86. The van der Waals surface area contributed by atoms with E-state index in [9.17, 15) is 4.39 Å². The monoisotopic (exact) mass is 297 g/mol. The summed E-state index contributed by atoms with van der Waals surface area (Å²) >= 11 is 0. The number of aromatic nitrogens is 5. The fraction of sp³-hybridized carbons (Fsp3) is 0.133. The number of hydrogen-bond donors (Lipinski definition) is 1. The Kier molecular flexibility index (Phi) is 2.87. The summed E-state index contributed by atoms with van der Waals surface area (Å²) in [6, 6.07) is 6.99. The van der Waals surface area contributed by atoms with Crippen molar-refractivity contribution in [1.82, 2.24) is 24.4 Å². The molecule has 110 valence electrons. The Morgan fingerprint density at radius 1 is 1.18 bits per heavy atom. The largest absolute Gasteiger partial charge is 0.394 e. The lowest BCUT2D eigenvalue weighted by Crippen LogP contribution is -2.05. The van der Waals surface area contributed by atoms with Gasteiger partial charge < -0.3 is 5.11 Å². The molecule has 0 spiro atoms. The van der Waals surface area contributed by atoms with Crippen LogP contribution in [0.4, 0.5) is 4.39 Å². The lowest BCUT2D eigenvalue weighted by Gasteiger charge is -2.04. The summed E-state index contributed by atoms with van der Waals surface area (Å²) in [6.07, 6.45) is 4.94. The highest BCUT2D eigenvalue weighted by atomic mass is 19.1. The molecule has 0 unspecified atom stereocenters. The predicted molar refractivity (Wildman–Crippen MR) is 78.8 cm³/mol. The summed E-state index contributed by atoms with van der Waals surface area (Å²) in [5, 5.41) is 18.0. The first-order valence-electron chi connectivity index (χ1n) is 6.83. The fourth-order valence-electron chi connectivity index (χ4n) is 2.55. The van der Waals surface area contributed by atoms with Gasteiger partial charge in [0.05, 0.1) is 31.1 Å². The number of nitrogens with zero attached hydrogens (tertiary/aromatic N) is 5. The van der Waals surface area contributed by atoms with Gasteiger partial charge in [-0.3, -0.25) is 0 Å². The van der Waals surface area contributed by atoms with Gasteiger partial charge in [-0.15, -0.1) is 0 Å². The second kappa shape index (κ2) is 4.88. The van der Waals surface area contributed by atoms with Crippen molar-refractivity contribution in [2.24, 2.45) is 0 Å². The minimum Gasteiger partial charge on any atom is -0.394 e. The molecule has 1 N–H and O–H groups in total. The molecular formula is C15H12FN5O. The molecule has 0 atom stereocenters. The van der Waals surface area contributed by atoms with E-state index in [2.05, 4.69) is 15.2 Å². The second-order valence-corrected chi connectivity index (χ2v) is 4.91. The zero-order valence-corrected chi connectivity index (χ0v) is 11.5. The van der Waals surface area contributed by atoms with Gasteiger partial charge in [0.15, 0.2) is 5.65 Å². The van der Waals surface area contributed by atoms with Gasteiger partial charge in [-0.05, 0) is 18.2 Å². The Morgan fingerprint density at radius 3 is 2.95 bits per heavy atom. The molecule has 0 aliphatic heterocycles. The van der Waals surface area contributed by atoms with Crippen LogP contribution < -0.4 is 0 Å². The summed E-state index contributed by atoms with van der Waals surface area (Å²) in [7, 11) is 0. The molecule has 0 fully saturated rings. The van der Waals surface area contributed by atoms with Gasteiger partial charge in [0.25, 0.3) is 0 Å². The molecule has 0 aliphatic carbocycles. The van der Waals surface area contributed by atoms with Crippen molar-refractivity contribution in [3.63, 3.8) is 0 Å². The molecule has 22 heavy (non-hydrogen) atoms. The average Bonchev–Trinajstić information content (AvgIpc) is 3.11. The van der Waals surface area contributed by atoms with E-state index in [4.69, 9.17) is 5.11 Å². The highest BCUT2D eigenvalue weighted by Crippen LogP contribution is 2.27. The number of hydrogen-bond acceptors (Lipinski definition) is 4. The van der Waals surface area contributed by atoms with Crippen LogP contribution in [0.2, 0.25) is 0 Å². The number of halogens is 1. The third-order valence-electron chi connectivity index (χ3n) is 3.56. The Morgan fingerprint density at radius 2 is 2.09 bits per heavy atom. The van der Waals surface area contributed by atoms with Gasteiger partial charge in [-0.25, -0.2) is 18.6 Å². The zero-order valence-electron chi connectivity index (χ0n) is 11.5. The van der Waals surface area contributed by atoms with Gasteiger partial charge in [0, 0.05) is 17.1 Å². The normalized spacial score (nSPS) is 11.5. The molecule has 0 radical (unpaired) electrons. The van der Waals surface area contributed by atoms with E-state index in [-0.39, 0.29) is 12.3 Å². The first kappa shape index (κ1) is 12.9. The molecule has 0 aromatic carbocycles. The number of pyridine rings is 2. The van der Waals surface area contributed by atoms with Crippen molar-refractivity contribution in [2.45, 2.75) is 6.54 Å². The number of aliphatic hydroxyl groups is 1. The van der Waals surface area contributed by atoms with Crippen LogP contribution in [0.5, 0.6) is 0 Å². The standard InChI is InChI=1S/C15H12FN5O/c16-12-7-10-8-17-21(5-6-22)15(10)19-14(12)11-9-18-20-4-2-1-3-13(11)20/h1-4,7-9,22H,5-6H2. The van der Waals surface area contributed by atoms with Crippen LogP contribution >= 0.6 is 0 Å². The fourth-order valence-corrected chi connectivity index (χ4v) is 2.55. The van der Waals surface area contributed by atoms with E-state index in [1.54, 1.807) is 27.8 Å². The number of aliphatic hydroxyl groups excluding tert-OH is 1. The van der Waals surface area contributed by atoms with Crippen molar-refractivity contribution >= 4 is 16.6 Å². The maximum atomic E-state index is 14.4. The van der Waals surface area contributed by atoms with Crippen LogP contribution in [0.3, 0.4) is 0 Å². The van der Waals surface area contributed by atoms with Gasteiger partial charge in [0.1, 0.15) is 11.5 Å². The Hall–Kier alpha value is -2.80. The minimum atomic E-state index is -0.421. The zero-order chi connectivity index (χ0) is 15.1. The second-order valence-electron chi connectivity index (χ2n) is 4.91. The van der Waals surface area contributed by atoms with Crippen LogP contribution in [-0.2, 0) is 6.54 Å². The van der Waals surface area contributed by atoms with E-state index in [1.807, 2.05) is 18.2 Å². The maximum absolute atomic E-state index is 14.4. The number of rotatable bonds is 3. The molecule has 6 nitrogen and oxygen atoms in total. The Balaban J connectivity index is 1.97. The highest BCUT2D eigenvalue weighted by molar-refractivity contribution is 5.83. The molecule has 0 saturated carbocycles. The molecule has 0 amide bonds. The van der Waals surface area contributed by atoms with Crippen LogP contribution in [0.1, 0.15) is 0 Å². The van der Waals surface area contributed by atoms with Gasteiger partial charge in [-0.1, -0.05) is 6.07 Å². The molecule has 4 heterocycles. The quantitative estimate of drug-likeness (QED) is 0.627. The highest BCUT2D eigenvalue weighted by Gasteiger charge is 2.16. The van der Waals surface area contributed by atoms with Crippen LogP contribution in [0.15, 0.2) is 42.9 Å². The van der Waals surface area contributed by atoms with Crippen molar-refractivity contribution in [1.29, 1.82) is 0 Å². The van der Waals surface area contributed by atoms with E-state index in [0.717, 1.165) is 5.52 Å². The van der Waals surface area contributed by atoms with Crippen molar-refractivity contribution in [2.75, 3.05) is 6.61 Å². The van der Waals surface area contributed by atoms with Crippen molar-refractivity contribution in [3.8, 4) is 11.3 Å². The first-order chi connectivity index (χ1) is 10.8. The molecule has 4 aromatic rings. The SMILES string of the molecule is OCCn1ncc2cc(F)c(-c3cnn4ccccc34)nc21. The summed E-state index contributed by atoms with van der Waals surface area (Å²) in [5.41, 5.74) is 2.17. The summed E-state index contributed by atoms with van der Waals surface area (Å²) in [6.45, 7) is 0.262. The summed E-state index contributed by atoms with van der Waals surface area (Å²) in [5.74, 6) is -0.421. The van der Waals surface area contributed by atoms with Crippen molar-refractivity contribution in [3.05, 3.63) is 48.7 Å². The van der Waals surface area contributed by atoms with E-state index in [0.29, 0.717) is 23.1 Å². The van der Waals surface area contributed by atoms with Crippen molar-refractivity contribution < 1.29 is 9.50 Å². The average molecular weight is 297 g/mol. The molecule has 7 heteroatoms. The topological polar surface area (TPSA) is 68.2 Å². The van der Waals surface area contributed by atoms with Gasteiger partial charge in [-0.2, -0.15) is 10.2 Å². The maximum Gasteiger partial charge on any atom is 0.158 e. The molecule has 4 aromatic heterocycles. The molecular weight excluding hydrogens is 285 g/mol. The van der Waals surface area contributed by atoms with Crippen LogP contribution in [0.25, 0.3) is 27.8 Å². The summed E-state index contributed by atoms with van der Waals surface area (Å²) in [4.78, 5) is 4.41. The van der Waals surface area contributed by atoms with E-state index < -0.39 is 5.82 Å². The molecule has 0 bridgehead atoms. The van der Waals surface area contributed by atoms with E-state index >= 15 is 0 Å². The molecule has 4 rings (SSSR count). The summed E-state index contributed by atoms with van der Waals surface area (Å²) < 4.78 is 17.7. The van der Waals surface area contributed by atoms with Gasteiger partial charge in [0.2, 0.25) is 0 Å². The Bertz CT molecular complexity index is 975. The molecule has 0 aliphatic rings. The lowest BCUT2D eigenvalue weighted by molar-refractivity contribution is 0.271. The van der Waals surface area contributed by atoms with Gasteiger partial charge >= 0.3 is 0 Å². The van der Waals surface area contributed by atoms with Crippen LogP contribution in [0, 0.1) is 5.82 Å². The lowest BCUT2D eigenvalue weighted by atomic mass is 10.1. The van der Waals surface area contributed by atoms with Crippen LogP contribution in [-0.4, -0.2) is 36.1 Å². The Labute approximate surface area is 124 Å².